The van der Waals surface area contributed by atoms with E-state index in [1.54, 1.807) is 0 Å². The average Bonchev–Trinajstić information content (AvgIpc) is 3.23. The smallest absolute Gasteiger partial charge is 0.336 e. The van der Waals surface area contributed by atoms with Gasteiger partial charge in [-0.1, -0.05) is 26.8 Å². The topological polar surface area (TPSA) is 99.5 Å². The molecule has 4 fully saturated rings. The number of rotatable bonds is 2. The first kappa shape index (κ1) is 18.4. The number of ether oxygens (including phenoxy) is 2. The van der Waals surface area contributed by atoms with Crippen molar-refractivity contribution < 1.29 is 29.6 Å². The Bertz CT molecular complexity index is 636. The fourth-order valence-electron chi connectivity index (χ4n) is 6.40. The lowest BCUT2D eigenvalue weighted by Gasteiger charge is -2.61. The molecule has 0 unspecified atom stereocenters. The van der Waals surface area contributed by atoms with E-state index in [1.807, 2.05) is 19.9 Å². The molecule has 3 N–H and O–H groups in total. The summed E-state index contributed by atoms with van der Waals surface area (Å²) in [7, 11) is 0. The van der Waals surface area contributed by atoms with Gasteiger partial charge >= 0.3 is 5.97 Å². The highest BCUT2D eigenvalue weighted by Crippen LogP contribution is 2.66. The highest BCUT2D eigenvalue weighted by atomic mass is 16.6. The van der Waals surface area contributed by atoms with E-state index in [9.17, 15) is 20.1 Å². The summed E-state index contributed by atoms with van der Waals surface area (Å²) >= 11 is 0. The second-order valence-electron chi connectivity index (χ2n) is 9.55. The normalized spacial score (nSPS) is 51.4. The van der Waals surface area contributed by atoms with Crippen molar-refractivity contribution in [2.24, 2.45) is 22.7 Å². The monoisotopic (exact) mass is 366 g/mol. The minimum Gasteiger partial charge on any atom is -0.459 e. The molecule has 2 heterocycles. The predicted molar refractivity (Wildman–Crippen MR) is 93.1 cm³/mol. The molecule has 6 heteroatoms. The predicted octanol–water partition coefficient (Wildman–Crippen LogP) is 1.17. The van der Waals surface area contributed by atoms with Crippen LogP contribution in [0.3, 0.4) is 0 Å². The van der Waals surface area contributed by atoms with E-state index < -0.39 is 24.3 Å². The van der Waals surface area contributed by atoms with Crippen molar-refractivity contribution in [2.75, 3.05) is 13.2 Å². The second kappa shape index (κ2) is 5.77. The van der Waals surface area contributed by atoms with Crippen molar-refractivity contribution in [1.82, 2.24) is 0 Å². The SMILES string of the molecule is CC1(C)[C@@H](O)CC[C@@]2(C)[C@H]1[C@H](O)C[C@]1(CO1)[C@@H]2C/C=C1/C(=O)OC[C@H]1O. The molecule has 6 nitrogen and oxygen atoms in total. The Hall–Kier alpha value is -0.950. The number of epoxide rings is 1. The van der Waals surface area contributed by atoms with Gasteiger partial charge in [0, 0.05) is 6.42 Å². The molecular formula is C20H30O6. The van der Waals surface area contributed by atoms with Gasteiger partial charge in [-0.25, -0.2) is 4.79 Å². The molecular weight excluding hydrogens is 336 g/mol. The summed E-state index contributed by atoms with van der Waals surface area (Å²) in [5, 5.41) is 31.5. The van der Waals surface area contributed by atoms with E-state index in [0.717, 1.165) is 6.42 Å². The minimum atomic E-state index is -0.860. The molecule has 0 aromatic heterocycles. The molecule has 2 aliphatic heterocycles. The number of esters is 1. The van der Waals surface area contributed by atoms with Crippen molar-refractivity contribution in [3.63, 3.8) is 0 Å². The summed E-state index contributed by atoms with van der Waals surface area (Å²) in [4.78, 5) is 11.8. The van der Waals surface area contributed by atoms with Gasteiger partial charge in [0.2, 0.25) is 0 Å². The molecule has 4 rings (SSSR count). The van der Waals surface area contributed by atoms with Crippen LogP contribution in [-0.2, 0) is 14.3 Å². The number of carbonyl (C=O) groups is 1. The molecule has 2 saturated carbocycles. The number of allylic oxidation sites excluding steroid dienone is 1. The molecule has 26 heavy (non-hydrogen) atoms. The third-order valence-electron chi connectivity index (χ3n) is 7.75. The third-order valence-corrected chi connectivity index (χ3v) is 7.75. The number of hydrogen-bond acceptors (Lipinski definition) is 6. The Morgan fingerprint density at radius 2 is 1.92 bits per heavy atom. The van der Waals surface area contributed by atoms with Crippen LogP contribution in [-0.4, -0.2) is 58.4 Å². The van der Waals surface area contributed by atoms with Crippen molar-refractivity contribution in [2.45, 2.75) is 70.4 Å². The zero-order valence-electron chi connectivity index (χ0n) is 15.8. The third kappa shape index (κ3) is 2.49. The van der Waals surface area contributed by atoms with Crippen LogP contribution in [0.1, 0.15) is 46.5 Å². The lowest BCUT2D eigenvalue weighted by Crippen LogP contribution is -2.63. The van der Waals surface area contributed by atoms with Gasteiger partial charge in [0.05, 0.1) is 30.0 Å². The van der Waals surface area contributed by atoms with E-state index in [2.05, 4.69) is 6.92 Å². The van der Waals surface area contributed by atoms with Gasteiger partial charge in [-0.3, -0.25) is 0 Å². The highest BCUT2D eigenvalue weighted by molar-refractivity contribution is 5.91. The molecule has 146 valence electrons. The van der Waals surface area contributed by atoms with Crippen LogP contribution in [0.15, 0.2) is 11.6 Å². The number of aliphatic hydroxyl groups excluding tert-OH is 3. The van der Waals surface area contributed by atoms with Crippen molar-refractivity contribution in [3.8, 4) is 0 Å². The van der Waals surface area contributed by atoms with Crippen LogP contribution < -0.4 is 0 Å². The number of carbonyl (C=O) groups excluding carboxylic acids is 1. The van der Waals surface area contributed by atoms with Crippen molar-refractivity contribution in [3.05, 3.63) is 11.6 Å². The fourth-order valence-corrected chi connectivity index (χ4v) is 6.40. The summed E-state index contributed by atoms with van der Waals surface area (Å²) in [5.74, 6) is -0.360. The molecule has 0 bridgehead atoms. The van der Waals surface area contributed by atoms with Gasteiger partial charge in [0.15, 0.2) is 0 Å². The lowest BCUT2D eigenvalue weighted by molar-refractivity contribution is -0.198. The van der Waals surface area contributed by atoms with E-state index in [0.29, 0.717) is 31.4 Å². The maximum Gasteiger partial charge on any atom is 0.336 e. The van der Waals surface area contributed by atoms with Crippen molar-refractivity contribution in [1.29, 1.82) is 0 Å². The summed E-state index contributed by atoms with van der Waals surface area (Å²) in [6.45, 7) is 6.93. The lowest BCUT2D eigenvalue weighted by atomic mass is 9.44. The largest absolute Gasteiger partial charge is 0.459 e. The van der Waals surface area contributed by atoms with Gasteiger partial charge < -0.3 is 24.8 Å². The average molecular weight is 366 g/mol. The van der Waals surface area contributed by atoms with Gasteiger partial charge in [-0.05, 0) is 41.9 Å². The Morgan fingerprint density at radius 1 is 1.23 bits per heavy atom. The molecule has 4 aliphatic rings. The van der Waals surface area contributed by atoms with Crippen LogP contribution in [0.2, 0.25) is 0 Å². The van der Waals surface area contributed by atoms with Gasteiger partial charge in [-0.15, -0.1) is 0 Å². The second-order valence-corrected chi connectivity index (χ2v) is 9.55. The van der Waals surface area contributed by atoms with Crippen molar-refractivity contribution >= 4 is 5.97 Å². The molecule has 7 atom stereocenters. The fraction of sp³-hybridized carbons (Fsp3) is 0.850. The Kier molecular flexibility index (Phi) is 4.09. The van der Waals surface area contributed by atoms with Gasteiger partial charge in [0.25, 0.3) is 0 Å². The van der Waals surface area contributed by atoms with Gasteiger partial charge in [0.1, 0.15) is 12.7 Å². The molecule has 0 aromatic carbocycles. The molecule has 0 aromatic rings. The Balaban J connectivity index is 1.68. The zero-order valence-corrected chi connectivity index (χ0v) is 15.8. The molecule has 0 radical (unpaired) electrons. The zero-order chi connectivity index (χ0) is 18.9. The maximum atomic E-state index is 11.8. The maximum absolute atomic E-state index is 11.8. The molecule has 1 spiro atoms. The van der Waals surface area contributed by atoms with E-state index >= 15 is 0 Å². The summed E-state index contributed by atoms with van der Waals surface area (Å²) < 4.78 is 10.8. The highest BCUT2D eigenvalue weighted by Gasteiger charge is 2.68. The number of cyclic esters (lactones) is 1. The number of hydrogen-bond donors (Lipinski definition) is 3. The van der Waals surface area contributed by atoms with E-state index in [-0.39, 0.29) is 34.9 Å². The summed E-state index contributed by atoms with van der Waals surface area (Å²) in [5.41, 5.74) is -0.614. The van der Waals surface area contributed by atoms with Crippen LogP contribution in [0, 0.1) is 22.7 Å². The minimum absolute atomic E-state index is 0.0226. The van der Waals surface area contributed by atoms with Gasteiger partial charge in [-0.2, -0.15) is 0 Å². The quantitative estimate of drug-likeness (QED) is 0.385. The standard InChI is InChI=1S/C20H30O6/c1-18(2)15(23)6-7-19(3)14(5-4-11-13(22)9-25-17(11)24)20(10-26-20)8-12(21)16(18)19/h4,12-16,21-23H,5-10H2,1-3H3/b11-4+/t12-,13-,14-,15+,16+,19-,20+/m1/s1. The van der Waals surface area contributed by atoms with Crippen LogP contribution in [0.5, 0.6) is 0 Å². The summed E-state index contributed by atoms with van der Waals surface area (Å²) in [6.07, 6.45) is 2.67. The molecule has 2 aliphatic carbocycles. The van der Waals surface area contributed by atoms with Crippen LogP contribution in [0.25, 0.3) is 0 Å². The van der Waals surface area contributed by atoms with Crippen LogP contribution >= 0.6 is 0 Å². The van der Waals surface area contributed by atoms with Crippen LogP contribution in [0.4, 0.5) is 0 Å². The Labute approximate surface area is 154 Å². The summed E-state index contributed by atoms with van der Waals surface area (Å²) in [6, 6.07) is 0. The number of fused-ring (bicyclic) bond motifs is 1. The molecule has 2 saturated heterocycles. The Morgan fingerprint density at radius 3 is 2.50 bits per heavy atom. The number of aliphatic hydroxyl groups is 3. The first-order valence-corrected chi connectivity index (χ1v) is 9.67. The van der Waals surface area contributed by atoms with E-state index in [4.69, 9.17) is 9.47 Å². The van der Waals surface area contributed by atoms with E-state index in [1.165, 1.54) is 0 Å². The molecule has 0 amide bonds. The first-order chi connectivity index (χ1) is 12.1. The first-order valence-electron chi connectivity index (χ1n) is 9.67.